The summed E-state index contributed by atoms with van der Waals surface area (Å²) in [5.41, 5.74) is 2.49. The van der Waals surface area contributed by atoms with Crippen molar-refractivity contribution in [3.63, 3.8) is 0 Å². The van der Waals surface area contributed by atoms with Crippen molar-refractivity contribution in [3.8, 4) is 0 Å². The molecule has 0 bridgehead atoms. The third kappa shape index (κ3) is 3.34. The highest BCUT2D eigenvalue weighted by molar-refractivity contribution is 5.86. The largest absolute Gasteiger partial charge is 0.360 e. The average molecular weight is 244 g/mol. The van der Waals surface area contributed by atoms with Gasteiger partial charge in [0, 0.05) is 19.5 Å². The zero-order valence-corrected chi connectivity index (χ0v) is 11.7. The maximum atomic E-state index is 4.81. The number of rotatable bonds is 5. The Morgan fingerprint density at radius 1 is 1.17 bits per heavy atom. The first-order chi connectivity index (χ1) is 8.83. The van der Waals surface area contributed by atoms with Crippen molar-refractivity contribution in [2.24, 2.45) is 4.99 Å². The predicted octanol–water partition coefficient (Wildman–Crippen LogP) is 4.17. The second-order valence-electron chi connectivity index (χ2n) is 4.99. The number of benzene rings is 1. The van der Waals surface area contributed by atoms with E-state index in [0.717, 1.165) is 18.5 Å². The van der Waals surface area contributed by atoms with Gasteiger partial charge in [0.2, 0.25) is 0 Å². The summed E-state index contributed by atoms with van der Waals surface area (Å²) in [6, 6.07) is 8.65. The van der Waals surface area contributed by atoms with Crippen molar-refractivity contribution in [2.45, 2.75) is 46.0 Å². The van der Waals surface area contributed by atoms with Crippen LogP contribution in [-0.4, -0.2) is 23.8 Å². The second kappa shape index (κ2) is 6.58. The first-order valence-electron chi connectivity index (χ1n) is 7.25. The number of aryl methyl sites for hydroxylation is 1. The summed E-state index contributed by atoms with van der Waals surface area (Å²) in [7, 11) is 0. The number of unbranched alkanes of at least 4 members (excludes halogenated alkanes) is 1. The van der Waals surface area contributed by atoms with Gasteiger partial charge in [0.15, 0.2) is 0 Å². The number of likely N-dealkylation sites (tertiary alicyclic amines) is 1. The summed E-state index contributed by atoms with van der Waals surface area (Å²) in [5, 5.41) is 0. The minimum Gasteiger partial charge on any atom is -0.360 e. The molecule has 0 unspecified atom stereocenters. The Balaban J connectivity index is 2.05. The van der Waals surface area contributed by atoms with Crippen LogP contribution in [-0.2, 0) is 6.42 Å². The molecule has 0 atom stereocenters. The zero-order chi connectivity index (χ0) is 12.8. The van der Waals surface area contributed by atoms with E-state index in [9.17, 15) is 0 Å². The highest BCUT2D eigenvalue weighted by atomic mass is 15.2. The number of aliphatic imine (C=N–C) groups is 1. The quantitative estimate of drug-likeness (QED) is 0.759. The van der Waals surface area contributed by atoms with Crippen LogP contribution in [0.4, 0.5) is 5.69 Å². The molecule has 1 heterocycles. The average Bonchev–Trinajstić information content (AvgIpc) is 2.84. The summed E-state index contributed by atoms with van der Waals surface area (Å²) < 4.78 is 0. The Morgan fingerprint density at radius 3 is 2.61 bits per heavy atom. The normalized spacial score (nSPS) is 17.7. The molecule has 0 N–H and O–H groups in total. The van der Waals surface area contributed by atoms with E-state index in [2.05, 4.69) is 43.0 Å². The molecule has 0 amide bonds. The maximum absolute atomic E-state index is 4.81. The summed E-state index contributed by atoms with van der Waals surface area (Å²) >= 11 is 0. The molecule has 1 saturated heterocycles. The Labute approximate surface area is 111 Å². The molecule has 0 spiro atoms. The van der Waals surface area contributed by atoms with Crippen molar-refractivity contribution in [1.29, 1.82) is 0 Å². The van der Waals surface area contributed by atoms with E-state index >= 15 is 0 Å². The van der Waals surface area contributed by atoms with Crippen LogP contribution < -0.4 is 0 Å². The topological polar surface area (TPSA) is 15.6 Å². The van der Waals surface area contributed by atoms with Crippen molar-refractivity contribution in [3.05, 3.63) is 29.8 Å². The van der Waals surface area contributed by atoms with Crippen LogP contribution in [0, 0.1) is 0 Å². The van der Waals surface area contributed by atoms with Gasteiger partial charge in [0.05, 0.1) is 5.69 Å². The molecule has 0 aliphatic carbocycles. The van der Waals surface area contributed by atoms with E-state index in [1.54, 1.807) is 0 Å². The van der Waals surface area contributed by atoms with Gasteiger partial charge < -0.3 is 4.90 Å². The highest BCUT2D eigenvalue weighted by Gasteiger charge is 2.17. The first kappa shape index (κ1) is 13.1. The Hall–Kier alpha value is -1.31. The molecule has 1 fully saturated rings. The fraction of sp³-hybridized carbons (Fsp3) is 0.562. The van der Waals surface area contributed by atoms with Crippen molar-refractivity contribution < 1.29 is 0 Å². The molecule has 2 rings (SSSR count). The number of amidine groups is 1. The van der Waals surface area contributed by atoms with Crippen LogP contribution in [0.2, 0.25) is 0 Å². The lowest BCUT2D eigenvalue weighted by Gasteiger charge is -2.18. The highest BCUT2D eigenvalue weighted by Crippen LogP contribution is 2.19. The monoisotopic (exact) mass is 244 g/mol. The minimum absolute atomic E-state index is 1.10. The Kier molecular flexibility index (Phi) is 4.80. The van der Waals surface area contributed by atoms with E-state index in [1.165, 1.54) is 43.8 Å². The molecule has 0 saturated carbocycles. The van der Waals surface area contributed by atoms with E-state index in [4.69, 9.17) is 4.99 Å². The molecule has 0 radical (unpaired) electrons. The molecule has 18 heavy (non-hydrogen) atoms. The van der Waals surface area contributed by atoms with Crippen LogP contribution in [0.1, 0.15) is 45.1 Å². The third-order valence-corrected chi connectivity index (χ3v) is 3.58. The van der Waals surface area contributed by atoms with Gasteiger partial charge in [-0.2, -0.15) is 0 Å². The lowest BCUT2D eigenvalue weighted by atomic mass is 10.1. The van der Waals surface area contributed by atoms with E-state index < -0.39 is 0 Å². The van der Waals surface area contributed by atoms with Gasteiger partial charge in [-0.3, -0.25) is 0 Å². The van der Waals surface area contributed by atoms with Crippen LogP contribution in [0.5, 0.6) is 0 Å². The maximum Gasteiger partial charge on any atom is 0.105 e. The number of hydrogen-bond acceptors (Lipinski definition) is 1. The first-order valence-corrected chi connectivity index (χ1v) is 7.25. The Morgan fingerprint density at radius 2 is 1.94 bits per heavy atom. The van der Waals surface area contributed by atoms with Crippen LogP contribution in [0.15, 0.2) is 29.3 Å². The molecule has 0 aromatic heterocycles. The second-order valence-corrected chi connectivity index (χ2v) is 4.99. The standard InChI is InChI=1S/C16H24N2/c1-3-5-12-18-13-6-7-16(18)17-15-10-8-14(4-2)9-11-15/h8-11H,3-7,12-13H2,1-2H3. The Bertz CT molecular complexity index is 392. The minimum atomic E-state index is 1.10. The molecule has 2 nitrogen and oxygen atoms in total. The number of nitrogens with zero attached hydrogens (tertiary/aromatic N) is 2. The van der Waals surface area contributed by atoms with Gasteiger partial charge >= 0.3 is 0 Å². The fourth-order valence-electron chi connectivity index (χ4n) is 2.39. The van der Waals surface area contributed by atoms with Crippen LogP contribution in [0.25, 0.3) is 0 Å². The lowest BCUT2D eigenvalue weighted by Crippen LogP contribution is -2.25. The van der Waals surface area contributed by atoms with Crippen molar-refractivity contribution >= 4 is 11.5 Å². The van der Waals surface area contributed by atoms with Gasteiger partial charge in [-0.15, -0.1) is 0 Å². The van der Waals surface area contributed by atoms with E-state index in [1.807, 2.05) is 0 Å². The SMILES string of the molecule is CCCCN1CCCC1=Nc1ccc(CC)cc1. The molecular formula is C16H24N2. The molecule has 1 aliphatic heterocycles. The van der Waals surface area contributed by atoms with Gasteiger partial charge in [0.25, 0.3) is 0 Å². The zero-order valence-electron chi connectivity index (χ0n) is 11.7. The molecular weight excluding hydrogens is 220 g/mol. The van der Waals surface area contributed by atoms with Crippen LogP contribution >= 0.6 is 0 Å². The van der Waals surface area contributed by atoms with Gasteiger partial charge in [-0.05, 0) is 37.0 Å². The summed E-state index contributed by atoms with van der Waals surface area (Å²) in [6.45, 7) is 6.79. The summed E-state index contributed by atoms with van der Waals surface area (Å²) in [4.78, 5) is 7.27. The molecule has 2 heteroatoms. The smallest absolute Gasteiger partial charge is 0.105 e. The number of hydrogen-bond donors (Lipinski definition) is 0. The lowest BCUT2D eigenvalue weighted by molar-refractivity contribution is 0.440. The fourth-order valence-corrected chi connectivity index (χ4v) is 2.39. The molecule has 1 aliphatic rings. The van der Waals surface area contributed by atoms with Gasteiger partial charge in [-0.1, -0.05) is 32.4 Å². The van der Waals surface area contributed by atoms with Gasteiger partial charge in [-0.25, -0.2) is 4.99 Å². The van der Waals surface area contributed by atoms with Crippen molar-refractivity contribution in [1.82, 2.24) is 4.90 Å². The molecule has 1 aromatic carbocycles. The molecule has 1 aromatic rings. The van der Waals surface area contributed by atoms with Crippen molar-refractivity contribution in [2.75, 3.05) is 13.1 Å². The van der Waals surface area contributed by atoms with E-state index in [0.29, 0.717) is 0 Å². The third-order valence-electron chi connectivity index (χ3n) is 3.58. The van der Waals surface area contributed by atoms with Gasteiger partial charge in [0.1, 0.15) is 5.84 Å². The molecule has 98 valence electrons. The summed E-state index contributed by atoms with van der Waals surface area (Å²) in [6.07, 6.45) is 6.02. The van der Waals surface area contributed by atoms with E-state index in [-0.39, 0.29) is 0 Å². The summed E-state index contributed by atoms with van der Waals surface area (Å²) in [5.74, 6) is 1.28. The van der Waals surface area contributed by atoms with Crippen LogP contribution in [0.3, 0.4) is 0 Å². The predicted molar refractivity (Wildman–Crippen MR) is 78.6 cm³/mol.